The molecule has 0 fully saturated rings. The average molecular weight is 297 g/mol. The molecule has 2 aliphatic heterocycles. The van der Waals surface area contributed by atoms with E-state index in [0.29, 0.717) is 5.92 Å². The Morgan fingerprint density at radius 3 is 2.68 bits per heavy atom. The molecular weight excluding hydrogens is 270 g/mol. The topological polar surface area (TPSA) is 18.5 Å². The molecule has 3 heteroatoms. The third-order valence-corrected chi connectivity index (χ3v) is 5.00. The molecule has 0 bridgehead atoms. The quantitative estimate of drug-likeness (QED) is 0.921. The number of anilines is 1. The van der Waals surface area contributed by atoms with Crippen molar-refractivity contribution in [2.24, 2.45) is 5.92 Å². The van der Waals surface area contributed by atoms with Gasteiger partial charge in [-0.15, -0.1) is 0 Å². The van der Waals surface area contributed by atoms with Gasteiger partial charge in [0, 0.05) is 63.1 Å². The van der Waals surface area contributed by atoms with E-state index in [1.807, 2.05) is 0 Å². The summed E-state index contributed by atoms with van der Waals surface area (Å²) in [5.41, 5.74) is 7.01. The number of benzene rings is 1. The second kappa shape index (κ2) is 6.17. The molecule has 2 aliphatic rings. The van der Waals surface area contributed by atoms with Crippen LogP contribution in [0.15, 0.2) is 47.8 Å². The van der Waals surface area contributed by atoms with Gasteiger partial charge in [-0.05, 0) is 29.7 Å². The van der Waals surface area contributed by atoms with Crippen molar-refractivity contribution in [1.29, 1.82) is 0 Å². The van der Waals surface area contributed by atoms with E-state index in [2.05, 4.69) is 67.0 Å². The summed E-state index contributed by atoms with van der Waals surface area (Å²) in [6.07, 6.45) is 2.21. The molecule has 1 unspecified atom stereocenters. The molecule has 0 saturated heterocycles. The fourth-order valence-corrected chi connectivity index (χ4v) is 3.49. The minimum Gasteiger partial charge on any atom is -0.378 e. The summed E-state index contributed by atoms with van der Waals surface area (Å²) in [5, 5.41) is 3.49. The number of allylic oxidation sites excluding steroid dienone is 1. The van der Waals surface area contributed by atoms with Crippen LogP contribution in [0.25, 0.3) is 0 Å². The minimum atomic E-state index is 0.499. The SMILES string of the molecule is C=C1C(C)C2=C(CCNC2)N1CCc1ccc(N(C)C)cc1. The van der Waals surface area contributed by atoms with E-state index >= 15 is 0 Å². The Balaban J connectivity index is 1.68. The summed E-state index contributed by atoms with van der Waals surface area (Å²) < 4.78 is 0. The van der Waals surface area contributed by atoms with Crippen LogP contribution in [-0.2, 0) is 6.42 Å². The Morgan fingerprint density at radius 2 is 2.00 bits per heavy atom. The third-order valence-electron chi connectivity index (χ3n) is 5.00. The zero-order valence-electron chi connectivity index (χ0n) is 14.0. The first-order valence-electron chi connectivity index (χ1n) is 8.23. The van der Waals surface area contributed by atoms with E-state index in [1.54, 1.807) is 5.57 Å². The molecule has 1 atom stereocenters. The highest BCUT2D eigenvalue weighted by Gasteiger charge is 2.32. The first kappa shape index (κ1) is 15.2. The van der Waals surface area contributed by atoms with Crippen molar-refractivity contribution in [2.45, 2.75) is 19.8 Å². The average Bonchev–Trinajstić information content (AvgIpc) is 2.78. The van der Waals surface area contributed by atoms with Crippen molar-refractivity contribution in [3.8, 4) is 0 Å². The highest BCUT2D eigenvalue weighted by molar-refractivity contribution is 5.46. The lowest BCUT2D eigenvalue weighted by molar-refractivity contribution is 0.414. The minimum absolute atomic E-state index is 0.499. The van der Waals surface area contributed by atoms with Gasteiger partial charge in [-0.2, -0.15) is 0 Å². The van der Waals surface area contributed by atoms with Crippen molar-refractivity contribution in [3.05, 3.63) is 53.4 Å². The first-order chi connectivity index (χ1) is 10.6. The second-order valence-corrected chi connectivity index (χ2v) is 6.57. The molecule has 0 spiro atoms. The fraction of sp³-hybridized carbons (Fsp3) is 0.474. The standard InChI is InChI=1S/C19H27N3/c1-14-15(2)22(19-9-11-20-13-18(14)19)12-10-16-5-7-17(8-6-16)21(3)4/h5-8,14,20H,2,9-13H2,1,3-4H3. The van der Waals surface area contributed by atoms with Gasteiger partial charge in [-0.3, -0.25) is 0 Å². The normalized spacial score (nSPS) is 21.3. The lowest BCUT2D eigenvalue weighted by Crippen LogP contribution is -2.28. The Hall–Kier alpha value is -1.74. The summed E-state index contributed by atoms with van der Waals surface area (Å²) >= 11 is 0. The third kappa shape index (κ3) is 2.78. The summed E-state index contributed by atoms with van der Waals surface area (Å²) in [5.74, 6) is 0.499. The van der Waals surface area contributed by atoms with Gasteiger partial charge in [-0.25, -0.2) is 0 Å². The van der Waals surface area contributed by atoms with Crippen LogP contribution in [0, 0.1) is 5.92 Å². The Kier molecular flexibility index (Phi) is 4.25. The van der Waals surface area contributed by atoms with Crippen LogP contribution in [-0.4, -0.2) is 38.6 Å². The predicted octanol–water partition coefficient (Wildman–Crippen LogP) is 3.01. The second-order valence-electron chi connectivity index (χ2n) is 6.57. The van der Waals surface area contributed by atoms with E-state index in [-0.39, 0.29) is 0 Å². The van der Waals surface area contributed by atoms with Gasteiger partial charge in [0.15, 0.2) is 0 Å². The van der Waals surface area contributed by atoms with Gasteiger partial charge in [0.05, 0.1) is 0 Å². The van der Waals surface area contributed by atoms with Crippen molar-refractivity contribution in [3.63, 3.8) is 0 Å². The molecule has 0 saturated carbocycles. The summed E-state index contributed by atoms with van der Waals surface area (Å²) in [6.45, 7) is 9.79. The summed E-state index contributed by atoms with van der Waals surface area (Å²) in [7, 11) is 4.16. The van der Waals surface area contributed by atoms with E-state index in [9.17, 15) is 0 Å². The molecule has 0 aromatic heterocycles. The van der Waals surface area contributed by atoms with Gasteiger partial charge in [-0.1, -0.05) is 25.6 Å². The van der Waals surface area contributed by atoms with E-state index in [4.69, 9.17) is 0 Å². The van der Waals surface area contributed by atoms with Gasteiger partial charge in [0.2, 0.25) is 0 Å². The highest BCUT2D eigenvalue weighted by atomic mass is 15.2. The molecule has 1 N–H and O–H groups in total. The Morgan fingerprint density at radius 1 is 1.27 bits per heavy atom. The fourth-order valence-electron chi connectivity index (χ4n) is 3.49. The van der Waals surface area contributed by atoms with Crippen LogP contribution in [0.2, 0.25) is 0 Å². The molecule has 2 heterocycles. The number of nitrogens with zero attached hydrogens (tertiary/aromatic N) is 2. The smallest absolute Gasteiger partial charge is 0.0361 e. The predicted molar refractivity (Wildman–Crippen MR) is 94.0 cm³/mol. The molecule has 1 aromatic carbocycles. The van der Waals surface area contributed by atoms with Crippen LogP contribution >= 0.6 is 0 Å². The van der Waals surface area contributed by atoms with Crippen LogP contribution < -0.4 is 10.2 Å². The highest BCUT2D eigenvalue weighted by Crippen LogP contribution is 2.38. The van der Waals surface area contributed by atoms with E-state index < -0.39 is 0 Å². The van der Waals surface area contributed by atoms with Crippen LogP contribution in [0.5, 0.6) is 0 Å². The van der Waals surface area contributed by atoms with Crippen LogP contribution in [0.1, 0.15) is 18.9 Å². The largest absolute Gasteiger partial charge is 0.378 e. The number of hydrogen-bond acceptors (Lipinski definition) is 3. The molecule has 0 radical (unpaired) electrons. The van der Waals surface area contributed by atoms with Gasteiger partial charge in [0.1, 0.15) is 0 Å². The first-order valence-corrected chi connectivity index (χ1v) is 8.23. The van der Waals surface area contributed by atoms with Crippen molar-refractivity contribution >= 4 is 5.69 Å². The summed E-state index contributed by atoms with van der Waals surface area (Å²) in [4.78, 5) is 4.61. The molecule has 3 rings (SSSR count). The molecule has 118 valence electrons. The lowest BCUT2D eigenvalue weighted by Gasteiger charge is -2.26. The maximum absolute atomic E-state index is 4.34. The Labute approximate surface area is 134 Å². The van der Waals surface area contributed by atoms with E-state index in [1.165, 1.54) is 22.6 Å². The molecular formula is C19H27N3. The molecule has 22 heavy (non-hydrogen) atoms. The number of rotatable bonds is 4. The van der Waals surface area contributed by atoms with Crippen molar-refractivity contribution in [1.82, 2.24) is 10.2 Å². The van der Waals surface area contributed by atoms with Gasteiger partial charge < -0.3 is 15.1 Å². The molecule has 0 aliphatic carbocycles. The molecule has 0 amide bonds. The van der Waals surface area contributed by atoms with Gasteiger partial charge in [0.25, 0.3) is 0 Å². The monoisotopic (exact) mass is 297 g/mol. The molecule has 1 aromatic rings. The van der Waals surface area contributed by atoms with Gasteiger partial charge >= 0.3 is 0 Å². The number of nitrogens with one attached hydrogen (secondary N) is 1. The van der Waals surface area contributed by atoms with Crippen molar-refractivity contribution in [2.75, 3.05) is 38.6 Å². The summed E-state index contributed by atoms with van der Waals surface area (Å²) in [6, 6.07) is 8.89. The van der Waals surface area contributed by atoms with Crippen molar-refractivity contribution < 1.29 is 0 Å². The maximum Gasteiger partial charge on any atom is 0.0361 e. The lowest BCUT2D eigenvalue weighted by atomic mass is 9.98. The van der Waals surface area contributed by atoms with Crippen LogP contribution in [0.4, 0.5) is 5.69 Å². The zero-order valence-corrected chi connectivity index (χ0v) is 14.0. The molecule has 3 nitrogen and oxygen atoms in total. The number of hydrogen-bond donors (Lipinski definition) is 1. The zero-order chi connectivity index (χ0) is 15.7. The Bertz CT molecular complexity index is 583. The van der Waals surface area contributed by atoms with Crippen LogP contribution in [0.3, 0.4) is 0 Å². The van der Waals surface area contributed by atoms with E-state index in [0.717, 1.165) is 32.5 Å². The maximum atomic E-state index is 4.34.